The van der Waals surface area contributed by atoms with E-state index in [2.05, 4.69) is 15.4 Å². The van der Waals surface area contributed by atoms with E-state index in [0.29, 0.717) is 6.54 Å². The van der Waals surface area contributed by atoms with Gasteiger partial charge in [-0.05, 0) is 43.2 Å². The van der Waals surface area contributed by atoms with Gasteiger partial charge < -0.3 is 5.32 Å². The lowest BCUT2D eigenvalue weighted by Crippen LogP contribution is -2.20. The molecule has 2 aromatic rings. The van der Waals surface area contributed by atoms with E-state index in [9.17, 15) is 4.79 Å². The molecular formula is C15H18N4OS. The standard InChI is InChI=1S/C15H18N4OS/c1-11-8-12(2)19(18-11)14-5-4-13(9-16-14)10-17-15(20)6-7-21-3/h4-9H,10H2,1-3H3,(H,17,20). The van der Waals surface area contributed by atoms with Crippen molar-refractivity contribution in [3.63, 3.8) is 0 Å². The summed E-state index contributed by atoms with van der Waals surface area (Å²) in [6, 6.07) is 5.85. The van der Waals surface area contributed by atoms with Gasteiger partial charge in [-0.15, -0.1) is 11.8 Å². The van der Waals surface area contributed by atoms with Gasteiger partial charge >= 0.3 is 0 Å². The molecule has 1 amide bonds. The van der Waals surface area contributed by atoms with Crippen LogP contribution in [0.2, 0.25) is 0 Å². The summed E-state index contributed by atoms with van der Waals surface area (Å²) in [5.41, 5.74) is 2.96. The Balaban J connectivity index is 2.01. The predicted molar refractivity (Wildman–Crippen MR) is 85.3 cm³/mol. The van der Waals surface area contributed by atoms with Gasteiger partial charge in [0.25, 0.3) is 0 Å². The summed E-state index contributed by atoms with van der Waals surface area (Å²) >= 11 is 1.49. The summed E-state index contributed by atoms with van der Waals surface area (Å²) in [6.45, 7) is 4.41. The zero-order chi connectivity index (χ0) is 15.2. The average Bonchev–Trinajstić information content (AvgIpc) is 2.82. The van der Waals surface area contributed by atoms with E-state index >= 15 is 0 Å². The van der Waals surface area contributed by atoms with Gasteiger partial charge in [0.05, 0.1) is 5.69 Å². The highest BCUT2D eigenvalue weighted by Gasteiger charge is 2.05. The number of nitrogens with zero attached hydrogens (tertiary/aromatic N) is 3. The second-order valence-electron chi connectivity index (χ2n) is 4.62. The molecule has 0 aromatic carbocycles. The lowest BCUT2D eigenvalue weighted by atomic mass is 10.3. The van der Waals surface area contributed by atoms with Crippen LogP contribution in [-0.2, 0) is 11.3 Å². The summed E-state index contributed by atoms with van der Waals surface area (Å²) < 4.78 is 1.80. The second-order valence-corrected chi connectivity index (χ2v) is 5.36. The molecule has 0 saturated heterocycles. The van der Waals surface area contributed by atoms with E-state index < -0.39 is 0 Å². The summed E-state index contributed by atoms with van der Waals surface area (Å²) in [5, 5.41) is 8.95. The first-order chi connectivity index (χ1) is 10.1. The number of amides is 1. The molecule has 2 heterocycles. The smallest absolute Gasteiger partial charge is 0.244 e. The molecule has 5 nitrogen and oxygen atoms in total. The van der Waals surface area contributed by atoms with Crippen molar-refractivity contribution < 1.29 is 4.79 Å². The number of hydrogen-bond donors (Lipinski definition) is 1. The maximum absolute atomic E-state index is 11.5. The Morgan fingerprint density at radius 2 is 2.24 bits per heavy atom. The normalized spacial score (nSPS) is 11.0. The number of hydrogen-bond acceptors (Lipinski definition) is 4. The van der Waals surface area contributed by atoms with Gasteiger partial charge in [-0.1, -0.05) is 6.07 Å². The molecule has 21 heavy (non-hydrogen) atoms. The lowest BCUT2D eigenvalue weighted by Gasteiger charge is -2.05. The van der Waals surface area contributed by atoms with Crippen molar-refractivity contribution >= 4 is 17.7 Å². The van der Waals surface area contributed by atoms with Crippen LogP contribution >= 0.6 is 11.8 Å². The molecule has 0 aliphatic carbocycles. The molecule has 0 spiro atoms. The molecular weight excluding hydrogens is 284 g/mol. The van der Waals surface area contributed by atoms with Crippen LogP contribution < -0.4 is 5.32 Å². The van der Waals surface area contributed by atoms with Gasteiger partial charge in [-0.3, -0.25) is 4.79 Å². The van der Waals surface area contributed by atoms with Gasteiger partial charge in [0.15, 0.2) is 5.82 Å². The van der Waals surface area contributed by atoms with Crippen LogP contribution in [0.1, 0.15) is 17.0 Å². The molecule has 0 bridgehead atoms. The number of pyridine rings is 1. The Morgan fingerprint density at radius 3 is 2.81 bits per heavy atom. The molecule has 0 saturated carbocycles. The van der Waals surface area contributed by atoms with Crippen molar-refractivity contribution in [1.82, 2.24) is 20.1 Å². The van der Waals surface area contributed by atoms with Crippen molar-refractivity contribution in [2.75, 3.05) is 6.26 Å². The van der Waals surface area contributed by atoms with Gasteiger partial charge in [0.1, 0.15) is 0 Å². The molecule has 0 unspecified atom stereocenters. The van der Waals surface area contributed by atoms with E-state index in [1.54, 1.807) is 16.3 Å². The quantitative estimate of drug-likeness (QED) is 0.862. The fourth-order valence-corrected chi connectivity index (χ4v) is 2.14. The number of rotatable bonds is 5. The Bertz CT molecular complexity index is 646. The van der Waals surface area contributed by atoms with E-state index in [1.807, 2.05) is 38.3 Å². The maximum Gasteiger partial charge on any atom is 0.244 e. The Kier molecular flexibility index (Phi) is 5.16. The monoisotopic (exact) mass is 302 g/mol. The number of aryl methyl sites for hydroxylation is 2. The molecule has 110 valence electrons. The van der Waals surface area contributed by atoms with Crippen LogP contribution in [0.3, 0.4) is 0 Å². The van der Waals surface area contributed by atoms with Crippen molar-refractivity contribution in [3.8, 4) is 5.82 Å². The summed E-state index contributed by atoms with van der Waals surface area (Å²) in [5.74, 6) is 0.671. The minimum absolute atomic E-state index is 0.105. The Labute approximate surface area is 128 Å². The van der Waals surface area contributed by atoms with E-state index in [4.69, 9.17) is 0 Å². The molecule has 0 radical (unpaired) electrons. The van der Waals surface area contributed by atoms with Crippen molar-refractivity contribution in [2.45, 2.75) is 20.4 Å². The third kappa shape index (κ3) is 4.19. The Hall–Kier alpha value is -2.08. The van der Waals surface area contributed by atoms with Gasteiger partial charge in [0.2, 0.25) is 5.91 Å². The number of thioether (sulfide) groups is 1. The van der Waals surface area contributed by atoms with Gasteiger partial charge in [0, 0.05) is 24.5 Å². The van der Waals surface area contributed by atoms with Crippen LogP contribution in [0, 0.1) is 13.8 Å². The molecule has 0 fully saturated rings. The first-order valence-electron chi connectivity index (χ1n) is 6.56. The number of carbonyl (C=O) groups excluding carboxylic acids is 1. The molecule has 2 rings (SSSR count). The van der Waals surface area contributed by atoms with E-state index in [0.717, 1.165) is 22.8 Å². The first-order valence-corrected chi connectivity index (χ1v) is 7.84. The number of aromatic nitrogens is 3. The van der Waals surface area contributed by atoms with Crippen molar-refractivity contribution in [1.29, 1.82) is 0 Å². The van der Waals surface area contributed by atoms with Crippen LogP contribution in [-0.4, -0.2) is 26.9 Å². The molecule has 0 aliphatic rings. The molecule has 0 aliphatic heterocycles. The topological polar surface area (TPSA) is 59.8 Å². The zero-order valence-electron chi connectivity index (χ0n) is 12.3. The summed E-state index contributed by atoms with van der Waals surface area (Å²) in [6.07, 6.45) is 5.18. The SMILES string of the molecule is CSC=CC(=O)NCc1ccc(-n2nc(C)cc2C)nc1. The minimum Gasteiger partial charge on any atom is -0.348 e. The highest BCUT2D eigenvalue weighted by molar-refractivity contribution is 8.01. The second kappa shape index (κ2) is 7.08. The van der Waals surface area contributed by atoms with Crippen LogP contribution in [0.25, 0.3) is 5.82 Å². The zero-order valence-corrected chi connectivity index (χ0v) is 13.1. The molecule has 6 heteroatoms. The number of carbonyl (C=O) groups is 1. The fourth-order valence-electron chi connectivity index (χ4n) is 1.89. The fraction of sp³-hybridized carbons (Fsp3) is 0.267. The predicted octanol–water partition coefficient (Wildman–Crippen LogP) is 2.38. The highest BCUT2D eigenvalue weighted by atomic mass is 32.2. The van der Waals surface area contributed by atoms with Crippen LogP contribution in [0.5, 0.6) is 0 Å². The summed E-state index contributed by atoms with van der Waals surface area (Å²) in [7, 11) is 0. The maximum atomic E-state index is 11.5. The van der Waals surface area contributed by atoms with Crippen molar-refractivity contribution in [3.05, 3.63) is 52.8 Å². The van der Waals surface area contributed by atoms with Crippen LogP contribution in [0.4, 0.5) is 0 Å². The van der Waals surface area contributed by atoms with Crippen LogP contribution in [0.15, 0.2) is 35.9 Å². The first kappa shape index (κ1) is 15.3. The highest BCUT2D eigenvalue weighted by Crippen LogP contribution is 2.10. The Morgan fingerprint density at radius 1 is 1.43 bits per heavy atom. The van der Waals surface area contributed by atoms with Gasteiger partial charge in [-0.25, -0.2) is 9.67 Å². The molecule has 1 N–H and O–H groups in total. The van der Waals surface area contributed by atoms with E-state index in [-0.39, 0.29) is 5.91 Å². The van der Waals surface area contributed by atoms with Crippen molar-refractivity contribution in [2.24, 2.45) is 0 Å². The molecule has 0 atom stereocenters. The third-order valence-corrected chi connectivity index (χ3v) is 3.27. The third-order valence-electron chi connectivity index (χ3n) is 2.86. The number of nitrogens with one attached hydrogen (secondary N) is 1. The van der Waals surface area contributed by atoms with E-state index in [1.165, 1.54) is 17.8 Å². The largest absolute Gasteiger partial charge is 0.348 e. The lowest BCUT2D eigenvalue weighted by molar-refractivity contribution is -0.116. The molecule has 2 aromatic heterocycles. The minimum atomic E-state index is -0.105. The summed E-state index contributed by atoms with van der Waals surface area (Å²) in [4.78, 5) is 15.9. The average molecular weight is 302 g/mol. The van der Waals surface area contributed by atoms with Gasteiger partial charge in [-0.2, -0.15) is 5.10 Å².